The van der Waals surface area contributed by atoms with Crippen LogP contribution in [0, 0.1) is 5.92 Å². The van der Waals surface area contributed by atoms with E-state index in [1.807, 2.05) is 4.90 Å². The Hall–Kier alpha value is -1.14. The van der Waals surface area contributed by atoms with Crippen molar-refractivity contribution in [1.82, 2.24) is 9.80 Å². The molecule has 1 atom stereocenters. The number of primary amides is 1. The van der Waals surface area contributed by atoms with E-state index in [2.05, 4.69) is 13.8 Å². The van der Waals surface area contributed by atoms with E-state index in [1.165, 1.54) is 0 Å². The second kappa shape index (κ2) is 8.21. The Bertz CT molecular complexity index is 326. The molecular weight excluding hydrogens is 258 g/mol. The molecule has 0 saturated carbocycles. The van der Waals surface area contributed by atoms with Gasteiger partial charge in [0, 0.05) is 32.8 Å². The average Bonchev–Trinajstić information content (AvgIpc) is 2.37. The molecule has 1 heterocycles. The van der Waals surface area contributed by atoms with Gasteiger partial charge in [0.15, 0.2) is 0 Å². The highest BCUT2D eigenvalue weighted by molar-refractivity contribution is 5.80. The topological polar surface area (TPSA) is 75.9 Å². The van der Waals surface area contributed by atoms with Crippen molar-refractivity contribution in [3.8, 4) is 0 Å². The monoisotopic (exact) mass is 285 g/mol. The summed E-state index contributed by atoms with van der Waals surface area (Å²) < 4.78 is 5.58. The summed E-state index contributed by atoms with van der Waals surface area (Å²) in [5.41, 5.74) is 5.16. The van der Waals surface area contributed by atoms with Crippen LogP contribution in [0.5, 0.6) is 0 Å². The molecule has 1 rings (SSSR count). The summed E-state index contributed by atoms with van der Waals surface area (Å²) in [4.78, 5) is 26.8. The minimum absolute atomic E-state index is 0.0347. The van der Waals surface area contributed by atoms with Crippen molar-refractivity contribution < 1.29 is 14.3 Å². The molecule has 0 bridgehead atoms. The first-order chi connectivity index (χ1) is 9.40. The molecule has 0 aromatic rings. The summed E-state index contributed by atoms with van der Waals surface area (Å²) >= 11 is 0. The van der Waals surface area contributed by atoms with Gasteiger partial charge in [-0.2, -0.15) is 0 Å². The van der Waals surface area contributed by atoms with Crippen molar-refractivity contribution in [3.63, 3.8) is 0 Å². The highest BCUT2D eigenvalue weighted by Gasteiger charge is 2.25. The largest absolute Gasteiger partial charge is 0.369 e. The first-order valence-electron chi connectivity index (χ1n) is 7.31. The molecule has 1 fully saturated rings. The highest BCUT2D eigenvalue weighted by atomic mass is 16.5. The number of nitrogens with two attached hydrogens (primary N) is 1. The summed E-state index contributed by atoms with van der Waals surface area (Å²) in [6.07, 6.45) is 0.570. The standard InChI is InChI=1S/C14H27N3O3/c1-11(2)4-9-20-12(3)14(19)17-7-5-16(6-8-17)10-13(15)18/h11-12H,4-10H2,1-3H3,(H2,15,18)/t12-/m1/s1. The molecule has 0 aliphatic carbocycles. The van der Waals surface area contributed by atoms with Crippen LogP contribution in [0.15, 0.2) is 0 Å². The summed E-state index contributed by atoms with van der Waals surface area (Å²) in [6, 6.07) is 0. The third-order valence-corrected chi connectivity index (χ3v) is 3.47. The van der Waals surface area contributed by atoms with Crippen LogP contribution in [-0.4, -0.2) is 67.0 Å². The van der Waals surface area contributed by atoms with Gasteiger partial charge in [-0.15, -0.1) is 0 Å². The van der Waals surface area contributed by atoms with Crippen molar-refractivity contribution in [1.29, 1.82) is 0 Å². The van der Waals surface area contributed by atoms with Crippen molar-refractivity contribution in [2.24, 2.45) is 11.7 Å². The number of rotatable bonds is 7. The minimum atomic E-state index is -0.392. The van der Waals surface area contributed by atoms with Gasteiger partial charge in [-0.05, 0) is 19.3 Å². The Morgan fingerprint density at radius 2 is 1.75 bits per heavy atom. The molecule has 0 aromatic heterocycles. The SMILES string of the molecule is CC(C)CCO[C@H](C)C(=O)N1CCN(CC(N)=O)CC1. The second-order valence-electron chi connectivity index (χ2n) is 5.76. The molecule has 0 spiro atoms. The second-order valence-corrected chi connectivity index (χ2v) is 5.76. The normalized spacial score (nSPS) is 18.3. The van der Waals surface area contributed by atoms with E-state index < -0.39 is 6.10 Å². The van der Waals surface area contributed by atoms with Gasteiger partial charge in [0.05, 0.1) is 6.54 Å². The first-order valence-corrected chi connectivity index (χ1v) is 7.31. The van der Waals surface area contributed by atoms with Gasteiger partial charge in [-0.3, -0.25) is 14.5 Å². The van der Waals surface area contributed by atoms with E-state index in [9.17, 15) is 9.59 Å². The van der Waals surface area contributed by atoms with Crippen LogP contribution in [0.3, 0.4) is 0 Å². The molecule has 1 saturated heterocycles. The zero-order chi connectivity index (χ0) is 15.1. The Labute approximate surface area is 121 Å². The Kier molecular flexibility index (Phi) is 6.95. The third-order valence-electron chi connectivity index (χ3n) is 3.47. The van der Waals surface area contributed by atoms with Gasteiger partial charge < -0.3 is 15.4 Å². The van der Waals surface area contributed by atoms with Crippen LogP contribution in [0.25, 0.3) is 0 Å². The van der Waals surface area contributed by atoms with Gasteiger partial charge in [-0.25, -0.2) is 0 Å². The zero-order valence-electron chi connectivity index (χ0n) is 12.8. The molecule has 6 nitrogen and oxygen atoms in total. The van der Waals surface area contributed by atoms with Crippen molar-refractivity contribution in [3.05, 3.63) is 0 Å². The number of nitrogens with zero attached hydrogens (tertiary/aromatic N) is 2. The number of amides is 2. The lowest BCUT2D eigenvalue weighted by Crippen LogP contribution is -2.52. The molecule has 0 radical (unpaired) electrons. The number of ether oxygens (including phenoxy) is 1. The average molecular weight is 285 g/mol. The van der Waals surface area contributed by atoms with Gasteiger partial charge in [-0.1, -0.05) is 13.8 Å². The van der Waals surface area contributed by atoms with Crippen LogP contribution in [0.1, 0.15) is 27.2 Å². The van der Waals surface area contributed by atoms with Gasteiger partial charge in [0.1, 0.15) is 6.10 Å². The smallest absolute Gasteiger partial charge is 0.251 e. The van der Waals surface area contributed by atoms with Gasteiger partial charge in [0.2, 0.25) is 5.91 Å². The molecular formula is C14H27N3O3. The molecule has 2 N–H and O–H groups in total. The number of carbonyl (C=O) groups is 2. The predicted octanol–water partition coefficient (Wildman–Crippen LogP) is 0.0671. The maximum absolute atomic E-state index is 12.2. The molecule has 1 aliphatic heterocycles. The van der Waals surface area contributed by atoms with Crippen LogP contribution in [-0.2, 0) is 14.3 Å². The lowest BCUT2D eigenvalue weighted by molar-refractivity contribution is -0.144. The van der Waals surface area contributed by atoms with Crippen LogP contribution in [0.4, 0.5) is 0 Å². The number of hydrogen-bond acceptors (Lipinski definition) is 4. The Balaban J connectivity index is 2.29. The maximum Gasteiger partial charge on any atom is 0.251 e. The van der Waals surface area contributed by atoms with E-state index in [4.69, 9.17) is 10.5 Å². The molecule has 0 aromatic carbocycles. The van der Waals surface area contributed by atoms with E-state index in [0.29, 0.717) is 38.7 Å². The quantitative estimate of drug-likeness (QED) is 0.718. The van der Waals surface area contributed by atoms with Crippen molar-refractivity contribution in [2.75, 3.05) is 39.3 Å². The summed E-state index contributed by atoms with van der Waals surface area (Å²) in [7, 11) is 0. The minimum Gasteiger partial charge on any atom is -0.369 e. The van der Waals surface area contributed by atoms with Crippen LogP contribution in [0.2, 0.25) is 0 Å². The summed E-state index contributed by atoms with van der Waals surface area (Å²) in [5.74, 6) is 0.289. The van der Waals surface area contributed by atoms with Crippen molar-refractivity contribution in [2.45, 2.75) is 33.3 Å². The van der Waals surface area contributed by atoms with E-state index >= 15 is 0 Å². The zero-order valence-corrected chi connectivity index (χ0v) is 12.8. The lowest BCUT2D eigenvalue weighted by atomic mass is 10.1. The van der Waals surface area contributed by atoms with E-state index in [0.717, 1.165) is 6.42 Å². The molecule has 116 valence electrons. The number of carbonyl (C=O) groups excluding carboxylic acids is 2. The summed E-state index contributed by atoms with van der Waals surface area (Å²) in [5, 5.41) is 0. The number of piperazine rings is 1. The molecule has 20 heavy (non-hydrogen) atoms. The molecule has 1 aliphatic rings. The highest BCUT2D eigenvalue weighted by Crippen LogP contribution is 2.07. The third kappa shape index (κ3) is 5.88. The fourth-order valence-corrected chi connectivity index (χ4v) is 2.16. The molecule has 6 heteroatoms. The van der Waals surface area contributed by atoms with Crippen LogP contribution < -0.4 is 5.73 Å². The fraction of sp³-hybridized carbons (Fsp3) is 0.857. The van der Waals surface area contributed by atoms with Crippen molar-refractivity contribution >= 4 is 11.8 Å². The fourth-order valence-electron chi connectivity index (χ4n) is 2.16. The van der Waals surface area contributed by atoms with Crippen LogP contribution >= 0.6 is 0 Å². The first kappa shape index (κ1) is 16.9. The predicted molar refractivity (Wildman–Crippen MR) is 77.1 cm³/mol. The van der Waals surface area contributed by atoms with E-state index in [-0.39, 0.29) is 18.4 Å². The maximum atomic E-state index is 12.2. The van der Waals surface area contributed by atoms with Gasteiger partial charge >= 0.3 is 0 Å². The Morgan fingerprint density at radius 1 is 1.15 bits per heavy atom. The lowest BCUT2D eigenvalue weighted by Gasteiger charge is -2.35. The Morgan fingerprint density at radius 3 is 2.25 bits per heavy atom. The van der Waals surface area contributed by atoms with Gasteiger partial charge in [0.25, 0.3) is 5.91 Å². The molecule has 0 unspecified atom stereocenters. The van der Waals surface area contributed by atoms with E-state index in [1.54, 1.807) is 11.8 Å². The summed E-state index contributed by atoms with van der Waals surface area (Å²) in [6.45, 7) is 9.59. The molecule has 2 amide bonds. The number of hydrogen-bond donors (Lipinski definition) is 1.